The standard InChI is InChI=1S/C18H18N4O3/c1-24-13-5-6-14(17(8-13)25-2)15-9-16(22-21-15)18(23)20-11-12-4-3-7-19-10-12/h3-10H,11H2,1-2H3,(H,20,23)(H,21,22). The molecule has 0 fully saturated rings. The number of pyridine rings is 1. The Balaban J connectivity index is 1.75. The lowest BCUT2D eigenvalue weighted by Crippen LogP contribution is -2.23. The summed E-state index contributed by atoms with van der Waals surface area (Å²) in [7, 11) is 3.17. The molecule has 7 heteroatoms. The van der Waals surface area contributed by atoms with Gasteiger partial charge >= 0.3 is 0 Å². The minimum Gasteiger partial charge on any atom is -0.497 e. The summed E-state index contributed by atoms with van der Waals surface area (Å²) in [6.07, 6.45) is 3.40. The molecule has 2 aromatic heterocycles. The van der Waals surface area contributed by atoms with Crippen molar-refractivity contribution in [2.24, 2.45) is 0 Å². The molecule has 1 amide bonds. The third-order valence-corrected chi connectivity index (χ3v) is 3.68. The highest BCUT2D eigenvalue weighted by molar-refractivity contribution is 5.93. The van der Waals surface area contributed by atoms with E-state index < -0.39 is 0 Å². The van der Waals surface area contributed by atoms with Gasteiger partial charge in [0.1, 0.15) is 17.2 Å². The Hall–Kier alpha value is -3.35. The Labute approximate surface area is 145 Å². The van der Waals surface area contributed by atoms with Crippen LogP contribution in [0.4, 0.5) is 0 Å². The molecule has 2 N–H and O–H groups in total. The zero-order chi connectivity index (χ0) is 17.6. The van der Waals surface area contributed by atoms with Crippen LogP contribution in [0, 0.1) is 0 Å². The summed E-state index contributed by atoms with van der Waals surface area (Å²) in [5.41, 5.74) is 2.68. The van der Waals surface area contributed by atoms with Crippen molar-refractivity contribution in [1.82, 2.24) is 20.5 Å². The maximum absolute atomic E-state index is 12.3. The Bertz CT molecular complexity index is 862. The zero-order valence-electron chi connectivity index (χ0n) is 13.9. The molecule has 1 aromatic carbocycles. The molecule has 3 aromatic rings. The van der Waals surface area contributed by atoms with Crippen molar-refractivity contribution in [3.8, 4) is 22.8 Å². The van der Waals surface area contributed by atoms with Gasteiger partial charge in [0.15, 0.2) is 0 Å². The molecule has 7 nitrogen and oxygen atoms in total. The van der Waals surface area contributed by atoms with Crippen LogP contribution in [0.25, 0.3) is 11.3 Å². The van der Waals surface area contributed by atoms with Crippen molar-refractivity contribution in [2.45, 2.75) is 6.54 Å². The Morgan fingerprint density at radius 3 is 2.80 bits per heavy atom. The van der Waals surface area contributed by atoms with Crippen molar-refractivity contribution in [1.29, 1.82) is 0 Å². The van der Waals surface area contributed by atoms with E-state index in [1.807, 2.05) is 24.3 Å². The number of aromatic nitrogens is 3. The number of nitrogens with one attached hydrogen (secondary N) is 2. The fraction of sp³-hybridized carbons (Fsp3) is 0.167. The first kappa shape index (κ1) is 16.5. The summed E-state index contributed by atoms with van der Waals surface area (Å²) in [6.45, 7) is 0.396. The third-order valence-electron chi connectivity index (χ3n) is 3.68. The number of aromatic amines is 1. The van der Waals surface area contributed by atoms with Gasteiger partial charge in [-0.25, -0.2) is 0 Å². The van der Waals surface area contributed by atoms with Crippen LogP contribution in [0.1, 0.15) is 16.1 Å². The van der Waals surface area contributed by atoms with Gasteiger partial charge in [-0.15, -0.1) is 0 Å². The first-order valence-corrected chi connectivity index (χ1v) is 7.66. The highest BCUT2D eigenvalue weighted by atomic mass is 16.5. The minimum atomic E-state index is -0.241. The summed E-state index contributed by atoms with van der Waals surface area (Å²) in [4.78, 5) is 16.3. The maximum Gasteiger partial charge on any atom is 0.269 e. The number of carbonyl (C=O) groups excluding carboxylic acids is 1. The molecular weight excluding hydrogens is 320 g/mol. The van der Waals surface area contributed by atoms with Crippen LogP contribution in [-0.4, -0.2) is 35.3 Å². The molecule has 25 heavy (non-hydrogen) atoms. The molecule has 0 bridgehead atoms. The van der Waals surface area contributed by atoms with Crippen LogP contribution in [-0.2, 0) is 6.54 Å². The van der Waals surface area contributed by atoms with E-state index in [0.29, 0.717) is 29.4 Å². The van der Waals surface area contributed by atoms with Crippen LogP contribution in [0.2, 0.25) is 0 Å². The number of benzene rings is 1. The van der Waals surface area contributed by atoms with Crippen LogP contribution in [0.15, 0.2) is 48.8 Å². The molecule has 2 heterocycles. The van der Waals surface area contributed by atoms with E-state index in [0.717, 1.165) is 11.1 Å². The van der Waals surface area contributed by atoms with Crippen LogP contribution in [0.5, 0.6) is 11.5 Å². The topological polar surface area (TPSA) is 89.1 Å². The molecule has 0 radical (unpaired) electrons. The van der Waals surface area contributed by atoms with Crippen molar-refractivity contribution in [2.75, 3.05) is 14.2 Å². The highest BCUT2D eigenvalue weighted by Crippen LogP contribution is 2.32. The molecular formula is C18H18N4O3. The number of methoxy groups -OCH3 is 2. The van der Waals surface area contributed by atoms with E-state index in [1.165, 1.54) is 0 Å². The quantitative estimate of drug-likeness (QED) is 0.720. The number of carbonyl (C=O) groups is 1. The molecule has 128 valence electrons. The fourth-order valence-corrected chi connectivity index (χ4v) is 2.37. The molecule has 0 saturated carbocycles. The lowest BCUT2D eigenvalue weighted by Gasteiger charge is -2.08. The number of ether oxygens (including phenoxy) is 2. The molecule has 0 aliphatic heterocycles. The van der Waals surface area contributed by atoms with Crippen molar-refractivity contribution >= 4 is 5.91 Å². The fourth-order valence-electron chi connectivity index (χ4n) is 2.37. The molecule has 0 saturated heterocycles. The molecule has 0 aliphatic carbocycles. The summed E-state index contributed by atoms with van der Waals surface area (Å²) in [5.74, 6) is 1.06. The van der Waals surface area contributed by atoms with E-state index in [2.05, 4.69) is 20.5 Å². The SMILES string of the molecule is COc1ccc(-c2cc(C(=O)NCc3cccnc3)[nH]n2)c(OC)c1. The van der Waals surface area contributed by atoms with Crippen molar-refractivity contribution in [3.05, 3.63) is 60.0 Å². The second-order valence-electron chi connectivity index (χ2n) is 5.28. The van der Waals surface area contributed by atoms with Gasteiger partial charge in [0.05, 0.1) is 19.9 Å². The molecule has 0 atom stereocenters. The maximum atomic E-state index is 12.3. The number of amides is 1. The summed E-state index contributed by atoms with van der Waals surface area (Å²) in [6, 6.07) is 10.8. The van der Waals surface area contributed by atoms with Gasteiger partial charge in [-0.2, -0.15) is 5.10 Å². The average Bonchev–Trinajstić information content (AvgIpc) is 3.16. The van der Waals surface area contributed by atoms with Gasteiger partial charge in [0.25, 0.3) is 5.91 Å². The van der Waals surface area contributed by atoms with Gasteiger partial charge in [-0.3, -0.25) is 14.9 Å². The zero-order valence-corrected chi connectivity index (χ0v) is 13.9. The first-order valence-electron chi connectivity index (χ1n) is 7.66. The number of H-pyrrole nitrogens is 1. The minimum absolute atomic E-state index is 0.241. The molecule has 0 unspecified atom stereocenters. The smallest absolute Gasteiger partial charge is 0.269 e. The van der Waals surface area contributed by atoms with E-state index >= 15 is 0 Å². The lowest BCUT2D eigenvalue weighted by molar-refractivity contribution is 0.0946. The summed E-state index contributed by atoms with van der Waals surface area (Å²) in [5, 5.41) is 9.79. The number of rotatable bonds is 6. The van der Waals surface area contributed by atoms with Gasteiger partial charge in [-0.1, -0.05) is 6.07 Å². The van der Waals surface area contributed by atoms with Gasteiger partial charge in [0.2, 0.25) is 0 Å². The molecule has 3 rings (SSSR count). The van der Waals surface area contributed by atoms with Gasteiger partial charge in [0, 0.05) is 30.6 Å². The predicted molar refractivity (Wildman–Crippen MR) is 92.5 cm³/mol. The third kappa shape index (κ3) is 3.77. The monoisotopic (exact) mass is 338 g/mol. The first-order chi connectivity index (χ1) is 12.2. The van der Waals surface area contributed by atoms with E-state index in [-0.39, 0.29) is 5.91 Å². The van der Waals surface area contributed by atoms with Crippen molar-refractivity contribution in [3.63, 3.8) is 0 Å². The normalized spacial score (nSPS) is 10.3. The summed E-state index contributed by atoms with van der Waals surface area (Å²) < 4.78 is 10.6. The average molecular weight is 338 g/mol. The Kier molecular flexibility index (Phi) is 4.94. The number of nitrogens with zero attached hydrogens (tertiary/aromatic N) is 2. The van der Waals surface area contributed by atoms with E-state index in [1.54, 1.807) is 38.7 Å². The van der Waals surface area contributed by atoms with Gasteiger partial charge < -0.3 is 14.8 Å². The van der Waals surface area contributed by atoms with Crippen LogP contribution >= 0.6 is 0 Å². The van der Waals surface area contributed by atoms with Crippen LogP contribution < -0.4 is 14.8 Å². The number of hydrogen-bond acceptors (Lipinski definition) is 5. The van der Waals surface area contributed by atoms with Crippen LogP contribution in [0.3, 0.4) is 0 Å². The second kappa shape index (κ2) is 7.48. The molecule has 0 aliphatic rings. The predicted octanol–water partition coefficient (Wildman–Crippen LogP) is 2.42. The second-order valence-corrected chi connectivity index (χ2v) is 5.28. The van der Waals surface area contributed by atoms with E-state index in [4.69, 9.17) is 9.47 Å². The Morgan fingerprint density at radius 2 is 2.08 bits per heavy atom. The number of hydrogen-bond donors (Lipinski definition) is 2. The van der Waals surface area contributed by atoms with Crippen molar-refractivity contribution < 1.29 is 14.3 Å². The summed E-state index contributed by atoms with van der Waals surface area (Å²) >= 11 is 0. The van der Waals surface area contributed by atoms with E-state index in [9.17, 15) is 4.79 Å². The van der Waals surface area contributed by atoms with Gasteiger partial charge in [-0.05, 0) is 29.8 Å². The lowest BCUT2D eigenvalue weighted by atomic mass is 10.1. The highest BCUT2D eigenvalue weighted by Gasteiger charge is 2.14. The largest absolute Gasteiger partial charge is 0.497 e. The molecule has 0 spiro atoms. The Morgan fingerprint density at radius 1 is 1.20 bits per heavy atom.